The highest BCUT2D eigenvalue weighted by molar-refractivity contribution is 6.34. The molecule has 11 heteroatoms. The van der Waals surface area contributed by atoms with Crippen molar-refractivity contribution >= 4 is 46.4 Å². The van der Waals surface area contributed by atoms with E-state index in [0.717, 1.165) is 12.1 Å². The van der Waals surface area contributed by atoms with Crippen LogP contribution in [0.15, 0.2) is 41.6 Å². The zero-order chi connectivity index (χ0) is 24.4. The fourth-order valence-electron chi connectivity index (χ4n) is 3.33. The molecule has 0 radical (unpaired) electrons. The number of methoxy groups -OCH3 is 1. The first-order valence-corrected chi connectivity index (χ1v) is 10.9. The van der Waals surface area contributed by atoms with E-state index < -0.39 is 18.2 Å². The van der Waals surface area contributed by atoms with Gasteiger partial charge in [0, 0.05) is 46.3 Å². The number of rotatable bonds is 7. The van der Waals surface area contributed by atoms with Gasteiger partial charge in [-0.15, -0.1) is 0 Å². The summed E-state index contributed by atoms with van der Waals surface area (Å²) in [5.74, 6) is -0.215. The molecule has 1 aliphatic heterocycles. The molecule has 33 heavy (non-hydrogen) atoms. The predicted octanol–water partition coefficient (Wildman–Crippen LogP) is 6.27. The number of carbonyl (C=O) groups is 1. The molecule has 2 aromatic carbocycles. The van der Waals surface area contributed by atoms with Crippen LogP contribution in [0.4, 0.5) is 13.2 Å². The number of hydrogen-bond donors (Lipinski definition) is 1. The highest BCUT2D eigenvalue weighted by Crippen LogP contribution is 2.49. The first-order chi connectivity index (χ1) is 15.4. The molecule has 1 amide bonds. The van der Waals surface area contributed by atoms with Crippen LogP contribution in [0.1, 0.15) is 36.5 Å². The number of nitrogens with zero attached hydrogens (tertiary/aromatic N) is 1. The summed E-state index contributed by atoms with van der Waals surface area (Å²) >= 11 is 18.2. The zero-order valence-electron chi connectivity index (χ0n) is 17.6. The van der Waals surface area contributed by atoms with Crippen LogP contribution in [0.3, 0.4) is 0 Å². The second kappa shape index (κ2) is 10.1. The van der Waals surface area contributed by atoms with Crippen molar-refractivity contribution in [1.29, 1.82) is 0 Å². The molecule has 0 saturated carbocycles. The minimum atomic E-state index is -4.79. The van der Waals surface area contributed by atoms with E-state index in [1.807, 2.05) is 0 Å². The molecule has 1 aliphatic rings. The number of amides is 1. The maximum absolute atomic E-state index is 14.1. The van der Waals surface area contributed by atoms with Gasteiger partial charge >= 0.3 is 6.18 Å². The number of nitrogens with one attached hydrogen (secondary N) is 1. The third-order valence-electron chi connectivity index (χ3n) is 5.25. The number of hydrogen-bond acceptors (Lipinski definition) is 4. The predicted molar refractivity (Wildman–Crippen MR) is 121 cm³/mol. The van der Waals surface area contributed by atoms with Crippen molar-refractivity contribution in [1.82, 2.24) is 5.32 Å². The minimum absolute atomic E-state index is 0.0486. The maximum Gasteiger partial charge on any atom is 0.435 e. The molecule has 2 unspecified atom stereocenters. The minimum Gasteiger partial charge on any atom is -0.381 e. The van der Waals surface area contributed by atoms with Crippen LogP contribution in [-0.2, 0) is 26.5 Å². The Labute approximate surface area is 203 Å². The third-order valence-corrected chi connectivity index (χ3v) is 6.04. The van der Waals surface area contributed by atoms with Crippen molar-refractivity contribution in [2.75, 3.05) is 7.11 Å². The summed E-state index contributed by atoms with van der Waals surface area (Å²) in [5, 5.41) is 6.81. The number of benzene rings is 2. The monoisotopic (exact) mass is 522 g/mol. The van der Waals surface area contributed by atoms with Gasteiger partial charge in [0.15, 0.2) is 0 Å². The van der Waals surface area contributed by atoms with Crippen LogP contribution in [-0.4, -0.2) is 31.0 Å². The van der Waals surface area contributed by atoms with Gasteiger partial charge in [-0.05, 0) is 36.8 Å². The molecule has 0 bridgehead atoms. The Morgan fingerprint density at radius 1 is 1.21 bits per heavy atom. The number of ether oxygens (including phenoxy) is 1. The van der Waals surface area contributed by atoms with Gasteiger partial charge < -0.3 is 14.9 Å². The van der Waals surface area contributed by atoms with Crippen LogP contribution >= 0.6 is 34.8 Å². The molecule has 3 rings (SSSR count). The fourth-order valence-corrected chi connectivity index (χ4v) is 4.10. The lowest BCUT2D eigenvalue weighted by Gasteiger charge is -2.29. The standard InChI is InChI=1S/C22H20Cl3F3N2O3/c1-12(32-2)5-20(31)29-11-14-4-3-13(6-18(14)25)19-10-21(33-30-19,22(26,27)28)15-7-16(23)9-17(24)8-15/h3-4,6-9,12H,5,10-11H2,1-2H3,(H,29,31). The van der Waals surface area contributed by atoms with Gasteiger partial charge in [0.05, 0.1) is 18.2 Å². The highest BCUT2D eigenvalue weighted by Gasteiger charge is 2.62. The molecular weight excluding hydrogens is 504 g/mol. The van der Waals surface area contributed by atoms with Crippen LogP contribution in [0.25, 0.3) is 0 Å². The van der Waals surface area contributed by atoms with Crippen molar-refractivity contribution in [3.05, 3.63) is 68.2 Å². The van der Waals surface area contributed by atoms with Gasteiger partial charge in [0.1, 0.15) is 0 Å². The summed E-state index contributed by atoms with van der Waals surface area (Å²) in [6, 6.07) is 8.32. The molecule has 0 fully saturated rings. The third kappa shape index (κ3) is 5.74. The molecule has 0 aromatic heterocycles. The van der Waals surface area contributed by atoms with Crippen molar-refractivity contribution in [2.24, 2.45) is 5.16 Å². The van der Waals surface area contributed by atoms with Gasteiger partial charge in [0.25, 0.3) is 5.60 Å². The fraction of sp³-hybridized carbons (Fsp3) is 0.364. The van der Waals surface area contributed by atoms with E-state index in [0.29, 0.717) is 11.1 Å². The van der Waals surface area contributed by atoms with Crippen LogP contribution in [0.5, 0.6) is 0 Å². The van der Waals surface area contributed by atoms with Gasteiger partial charge in [0.2, 0.25) is 5.91 Å². The zero-order valence-corrected chi connectivity index (χ0v) is 19.9. The molecule has 5 nitrogen and oxygen atoms in total. The van der Waals surface area contributed by atoms with Crippen LogP contribution in [0.2, 0.25) is 15.1 Å². The summed E-state index contributed by atoms with van der Waals surface area (Å²) < 4.78 is 47.4. The molecule has 2 aromatic rings. The largest absolute Gasteiger partial charge is 0.435 e. The van der Waals surface area contributed by atoms with Gasteiger partial charge in [-0.1, -0.05) is 52.1 Å². The molecule has 1 heterocycles. The highest BCUT2D eigenvalue weighted by atomic mass is 35.5. The Morgan fingerprint density at radius 3 is 2.45 bits per heavy atom. The van der Waals surface area contributed by atoms with E-state index in [1.165, 1.54) is 19.2 Å². The van der Waals surface area contributed by atoms with Crippen molar-refractivity contribution in [2.45, 2.75) is 44.2 Å². The SMILES string of the molecule is COC(C)CC(=O)NCc1ccc(C2=NOC(c3cc(Cl)cc(Cl)c3)(C(F)(F)F)C2)cc1Cl. The number of halogens is 6. The van der Waals surface area contributed by atoms with E-state index >= 15 is 0 Å². The van der Waals surface area contributed by atoms with Crippen LogP contribution in [0, 0.1) is 0 Å². The maximum atomic E-state index is 14.1. The van der Waals surface area contributed by atoms with E-state index in [-0.39, 0.29) is 51.3 Å². The van der Waals surface area contributed by atoms with E-state index in [9.17, 15) is 18.0 Å². The molecule has 1 N–H and O–H groups in total. The Morgan fingerprint density at radius 2 is 1.88 bits per heavy atom. The topological polar surface area (TPSA) is 59.9 Å². The first kappa shape index (κ1) is 25.6. The van der Waals surface area contributed by atoms with Crippen LogP contribution < -0.4 is 5.32 Å². The summed E-state index contributed by atoms with van der Waals surface area (Å²) in [5.41, 5.74) is -1.95. The quantitative estimate of drug-likeness (QED) is 0.465. The Kier molecular flexibility index (Phi) is 7.84. The van der Waals surface area contributed by atoms with E-state index in [4.69, 9.17) is 44.4 Å². The molecule has 0 spiro atoms. The lowest BCUT2D eigenvalue weighted by molar-refractivity contribution is -0.275. The summed E-state index contributed by atoms with van der Waals surface area (Å²) in [6.45, 7) is 1.93. The van der Waals surface area contributed by atoms with Gasteiger partial charge in [-0.2, -0.15) is 13.2 Å². The first-order valence-electron chi connectivity index (χ1n) is 9.82. The second-order valence-electron chi connectivity index (χ2n) is 7.62. The summed E-state index contributed by atoms with van der Waals surface area (Å²) in [4.78, 5) is 16.9. The molecule has 2 atom stereocenters. The number of carbonyl (C=O) groups excluding carboxylic acids is 1. The average molecular weight is 524 g/mol. The molecule has 0 saturated heterocycles. The Balaban J connectivity index is 1.79. The van der Waals surface area contributed by atoms with Gasteiger partial charge in [-0.25, -0.2) is 0 Å². The summed E-state index contributed by atoms with van der Waals surface area (Å²) in [6.07, 6.45) is -5.42. The lowest BCUT2D eigenvalue weighted by Crippen LogP contribution is -2.42. The Hall–Kier alpha value is -2.00. The lowest BCUT2D eigenvalue weighted by atomic mass is 9.86. The molecule has 178 valence electrons. The summed E-state index contributed by atoms with van der Waals surface area (Å²) in [7, 11) is 1.51. The van der Waals surface area contributed by atoms with Crippen molar-refractivity contribution in [3.8, 4) is 0 Å². The van der Waals surface area contributed by atoms with Gasteiger partial charge in [-0.3, -0.25) is 4.79 Å². The number of oxime groups is 1. The second-order valence-corrected chi connectivity index (χ2v) is 8.90. The van der Waals surface area contributed by atoms with Crippen molar-refractivity contribution < 1.29 is 27.5 Å². The molecular formula is C22H20Cl3F3N2O3. The molecule has 0 aliphatic carbocycles. The van der Waals surface area contributed by atoms with E-state index in [2.05, 4.69) is 10.5 Å². The smallest absolute Gasteiger partial charge is 0.381 e. The van der Waals surface area contributed by atoms with E-state index in [1.54, 1.807) is 19.1 Å². The normalized spacial score (nSPS) is 19.1. The Bertz CT molecular complexity index is 1060. The van der Waals surface area contributed by atoms with Crippen molar-refractivity contribution in [3.63, 3.8) is 0 Å². The number of alkyl halides is 3. The average Bonchev–Trinajstić information content (AvgIpc) is 3.19.